The molecule has 5 rings (SSSR count). The highest BCUT2D eigenvalue weighted by Crippen LogP contribution is 2.52. The second kappa shape index (κ2) is 6.17. The zero-order chi connectivity index (χ0) is 18.7. The van der Waals surface area contributed by atoms with Gasteiger partial charge in [0.1, 0.15) is 0 Å². The van der Waals surface area contributed by atoms with Gasteiger partial charge in [-0.3, -0.25) is 4.84 Å². The molecule has 0 aromatic heterocycles. The monoisotopic (exact) mass is 383 g/mol. The van der Waals surface area contributed by atoms with Crippen molar-refractivity contribution in [2.24, 2.45) is 0 Å². The molecule has 1 saturated carbocycles. The lowest BCUT2D eigenvalue weighted by atomic mass is 9.83. The second-order valence-corrected chi connectivity index (χ2v) is 8.40. The summed E-state index contributed by atoms with van der Waals surface area (Å²) in [5.41, 5.74) is -0.106. The fraction of sp³-hybridized carbons (Fsp3) is 0.700. The number of piperidine rings is 1. The first-order chi connectivity index (χ1) is 12.9. The van der Waals surface area contributed by atoms with E-state index in [-0.39, 0.29) is 17.7 Å². The number of benzene rings is 1. The smallest absolute Gasteiger partial charge is 0.348 e. The van der Waals surface area contributed by atoms with Crippen LogP contribution in [0.2, 0.25) is 0 Å². The molecule has 0 N–H and O–H groups in total. The standard InChI is InChI=1S/C20H24F3NO3/c21-20(22,23)15-6-4-14(5-7-15)17-10-16-11-18(24(17)27-16)12-25-19(26-13-18)8-2-1-3-9-19/h4-7,16-17H,1-3,8-13H2/t16?,17-/m0/s1. The number of rotatable bonds is 1. The van der Waals surface area contributed by atoms with Crippen molar-refractivity contribution in [1.29, 1.82) is 0 Å². The lowest BCUT2D eigenvalue weighted by molar-refractivity contribution is -0.334. The van der Waals surface area contributed by atoms with Gasteiger partial charge in [-0.1, -0.05) is 18.6 Å². The number of fused-ring (bicyclic) bond motifs is 3. The Morgan fingerprint density at radius 2 is 1.63 bits per heavy atom. The first kappa shape index (κ1) is 17.9. The maximum Gasteiger partial charge on any atom is 0.416 e. The maximum atomic E-state index is 12.8. The van der Waals surface area contributed by atoms with Crippen molar-refractivity contribution >= 4 is 0 Å². The van der Waals surface area contributed by atoms with Gasteiger partial charge >= 0.3 is 6.18 Å². The van der Waals surface area contributed by atoms with Crippen LogP contribution < -0.4 is 0 Å². The summed E-state index contributed by atoms with van der Waals surface area (Å²) in [4.78, 5) is 6.06. The molecule has 2 unspecified atom stereocenters. The Labute approximate surface area is 156 Å². The highest BCUT2D eigenvalue weighted by Gasteiger charge is 2.59. The molecule has 4 fully saturated rings. The molecule has 3 saturated heterocycles. The minimum absolute atomic E-state index is 0.0568. The molecule has 0 radical (unpaired) electrons. The summed E-state index contributed by atoms with van der Waals surface area (Å²) in [6.07, 6.45) is 2.76. The Kier molecular flexibility index (Phi) is 4.10. The van der Waals surface area contributed by atoms with Crippen LogP contribution in [0.4, 0.5) is 13.2 Å². The molecule has 148 valence electrons. The molecule has 4 aliphatic rings. The lowest BCUT2D eigenvalue weighted by Crippen LogP contribution is -2.60. The molecule has 1 aliphatic carbocycles. The molecular formula is C20H24F3NO3. The van der Waals surface area contributed by atoms with Crippen LogP contribution in [0.1, 0.15) is 62.1 Å². The Hall–Kier alpha value is -1.15. The van der Waals surface area contributed by atoms with Gasteiger partial charge in [0, 0.05) is 19.3 Å². The van der Waals surface area contributed by atoms with Gasteiger partial charge in [0.15, 0.2) is 5.79 Å². The summed E-state index contributed by atoms with van der Waals surface area (Å²) in [6, 6.07) is 5.38. The highest BCUT2D eigenvalue weighted by molar-refractivity contribution is 5.28. The summed E-state index contributed by atoms with van der Waals surface area (Å²) in [5.74, 6) is -0.434. The predicted octanol–water partition coefficient (Wildman–Crippen LogP) is 4.60. The highest BCUT2D eigenvalue weighted by atomic mass is 19.4. The zero-order valence-electron chi connectivity index (χ0n) is 15.1. The summed E-state index contributed by atoms with van der Waals surface area (Å²) < 4.78 is 51.0. The SMILES string of the molecule is FC(F)(F)c1ccc([C@@H]2CC3CC4(COC5(CCCCC5)OC4)N2O3)cc1. The summed E-state index contributed by atoms with van der Waals surface area (Å²) in [7, 11) is 0. The molecule has 1 aromatic rings. The van der Waals surface area contributed by atoms with Gasteiger partial charge in [-0.15, -0.1) is 0 Å². The van der Waals surface area contributed by atoms with Gasteiger partial charge < -0.3 is 9.47 Å². The van der Waals surface area contributed by atoms with Gasteiger partial charge in [0.25, 0.3) is 0 Å². The largest absolute Gasteiger partial charge is 0.416 e. The third-order valence-electron chi connectivity index (χ3n) is 6.55. The van der Waals surface area contributed by atoms with Crippen LogP contribution in [0, 0.1) is 0 Å². The van der Waals surface area contributed by atoms with E-state index in [0.29, 0.717) is 13.2 Å². The topological polar surface area (TPSA) is 30.9 Å². The normalized spacial score (nSPS) is 34.4. The second-order valence-electron chi connectivity index (χ2n) is 8.40. The van der Waals surface area contributed by atoms with Gasteiger partial charge in [-0.2, -0.15) is 18.2 Å². The van der Waals surface area contributed by atoms with E-state index < -0.39 is 17.5 Å². The fourth-order valence-electron chi connectivity index (χ4n) is 5.10. The van der Waals surface area contributed by atoms with E-state index in [1.165, 1.54) is 6.42 Å². The van der Waals surface area contributed by atoms with E-state index in [2.05, 4.69) is 0 Å². The number of ether oxygens (including phenoxy) is 2. The number of hydrogen-bond acceptors (Lipinski definition) is 4. The van der Waals surface area contributed by atoms with Crippen LogP contribution >= 0.6 is 0 Å². The molecule has 0 amide bonds. The van der Waals surface area contributed by atoms with Crippen LogP contribution in [0.25, 0.3) is 0 Å². The summed E-state index contributed by atoms with van der Waals surface area (Å²) in [5, 5.41) is 1.95. The molecule has 4 nitrogen and oxygen atoms in total. The lowest BCUT2D eigenvalue weighted by Gasteiger charge is -2.50. The molecular weight excluding hydrogens is 359 g/mol. The maximum absolute atomic E-state index is 12.8. The average molecular weight is 383 g/mol. The average Bonchev–Trinajstić information content (AvgIpc) is 3.23. The van der Waals surface area contributed by atoms with Crippen LogP contribution in [-0.2, 0) is 20.5 Å². The molecule has 3 aliphatic heterocycles. The zero-order valence-corrected chi connectivity index (χ0v) is 15.1. The number of hydrogen-bond donors (Lipinski definition) is 0. The van der Waals surface area contributed by atoms with Crippen molar-refractivity contribution in [2.75, 3.05) is 13.2 Å². The van der Waals surface area contributed by atoms with Crippen molar-refractivity contribution in [2.45, 2.75) is 74.6 Å². The van der Waals surface area contributed by atoms with E-state index >= 15 is 0 Å². The van der Waals surface area contributed by atoms with Crippen LogP contribution in [0.15, 0.2) is 24.3 Å². The molecule has 1 aromatic carbocycles. The van der Waals surface area contributed by atoms with E-state index in [0.717, 1.165) is 56.2 Å². The van der Waals surface area contributed by atoms with E-state index in [9.17, 15) is 13.2 Å². The van der Waals surface area contributed by atoms with Crippen molar-refractivity contribution in [3.63, 3.8) is 0 Å². The predicted molar refractivity (Wildman–Crippen MR) is 90.6 cm³/mol. The number of hydroxylamine groups is 2. The Bertz CT molecular complexity index is 689. The van der Waals surface area contributed by atoms with Crippen molar-refractivity contribution in [3.05, 3.63) is 35.4 Å². The van der Waals surface area contributed by atoms with E-state index in [1.807, 2.05) is 5.06 Å². The van der Waals surface area contributed by atoms with Crippen molar-refractivity contribution in [3.8, 4) is 0 Å². The fourth-order valence-corrected chi connectivity index (χ4v) is 5.10. The van der Waals surface area contributed by atoms with Gasteiger partial charge in [0.05, 0.1) is 36.5 Å². The minimum atomic E-state index is -4.31. The summed E-state index contributed by atoms with van der Waals surface area (Å²) in [6.45, 7) is 1.11. The first-order valence-electron chi connectivity index (χ1n) is 9.81. The van der Waals surface area contributed by atoms with Crippen molar-refractivity contribution in [1.82, 2.24) is 5.06 Å². The van der Waals surface area contributed by atoms with E-state index in [1.54, 1.807) is 12.1 Å². The Balaban J connectivity index is 1.33. The minimum Gasteiger partial charge on any atom is -0.348 e. The number of nitrogens with zero attached hydrogens (tertiary/aromatic N) is 1. The third kappa shape index (κ3) is 2.99. The Morgan fingerprint density at radius 3 is 2.22 bits per heavy atom. The first-order valence-corrected chi connectivity index (χ1v) is 9.81. The third-order valence-corrected chi connectivity index (χ3v) is 6.55. The van der Waals surface area contributed by atoms with Crippen LogP contribution in [-0.4, -0.2) is 35.7 Å². The van der Waals surface area contributed by atoms with E-state index in [4.69, 9.17) is 14.3 Å². The van der Waals surface area contributed by atoms with Gasteiger partial charge in [0.2, 0.25) is 0 Å². The quantitative estimate of drug-likeness (QED) is 0.709. The molecule has 27 heavy (non-hydrogen) atoms. The van der Waals surface area contributed by atoms with Gasteiger partial charge in [-0.05, 0) is 37.0 Å². The van der Waals surface area contributed by atoms with Crippen LogP contribution in [0.5, 0.6) is 0 Å². The van der Waals surface area contributed by atoms with Crippen LogP contribution in [0.3, 0.4) is 0 Å². The number of halogens is 3. The summed E-state index contributed by atoms with van der Waals surface area (Å²) >= 11 is 0. The molecule has 3 heterocycles. The van der Waals surface area contributed by atoms with Crippen molar-refractivity contribution < 1.29 is 27.5 Å². The number of alkyl halides is 3. The molecule has 3 atom stereocenters. The van der Waals surface area contributed by atoms with Gasteiger partial charge in [-0.25, -0.2) is 0 Å². The molecule has 2 spiro atoms. The molecule has 2 bridgehead atoms. The Morgan fingerprint density at radius 1 is 0.963 bits per heavy atom. The molecule has 7 heteroatoms.